The summed E-state index contributed by atoms with van der Waals surface area (Å²) in [7, 11) is 0. The van der Waals surface area contributed by atoms with Gasteiger partial charge in [0.05, 0.1) is 24.2 Å². The van der Waals surface area contributed by atoms with Gasteiger partial charge in [0, 0.05) is 17.9 Å². The van der Waals surface area contributed by atoms with E-state index in [4.69, 9.17) is 0 Å². The van der Waals surface area contributed by atoms with E-state index in [1.165, 1.54) is 29.2 Å². The van der Waals surface area contributed by atoms with Crippen molar-refractivity contribution in [2.24, 2.45) is 5.92 Å². The molecule has 0 saturated carbocycles. The SMILES string of the molecule is CC1(C)CN(c2ccc(N3CC(C(=O)O)C(=O)N(Cc4cccc(F)c4C(F)(F)F)C3=O)cc2)C(=O)N1. The number of benzene rings is 2. The first kappa shape index (κ1) is 25.9. The molecule has 2 N–H and O–H groups in total. The summed E-state index contributed by atoms with van der Waals surface area (Å²) in [4.78, 5) is 52.8. The van der Waals surface area contributed by atoms with E-state index in [9.17, 15) is 41.8 Å². The van der Waals surface area contributed by atoms with Crippen LogP contribution in [0.1, 0.15) is 25.0 Å². The number of alkyl halides is 3. The van der Waals surface area contributed by atoms with Gasteiger partial charge in [0.2, 0.25) is 5.91 Å². The smallest absolute Gasteiger partial charge is 0.419 e. The number of nitrogens with zero attached hydrogens (tertiary/aromatic N) is 3. The van der Waals surface area contributed by atoms with Gasteiger partial charge in [-0.15, -0.1) is 0 Å². The zero-order valence-corrected chi connectivity index (χ0v) is 19.7. The van der Waals surface area contributed by atoms with Crippen LogP contribution < -0.4 is 15.1 Å². The number of anilines is 2. The highest BCUT2D eigenvalue weighted by Crippen LogP contribution is 2.36. The largest absolute Gasteiger partial charge is 0.481 e. The molecule has 2 aromatic rings. The minimum atomic E-state index is -5.11. The first-order valence-corrected chi connectivity index (χ1v) is 11.1. The molecule has 0 spiro atoms. The van der Waals surface area contributed by atoms with Gasteiger partial charge in [-0.2, -0.15) is 13.2 Å². The molecule has 1 unspecified atom stereocenters. The summed E-state index contributed by atoms with van der Waals surface area (Å²) in [5.41, 5.74) is -2.16. The number of carbonyl (C=O) groups excluding carboxylic acids is 3. The number of hydrogen-bond donors (Lipinski definition) is 2. The molecular weight excluding hydrogens is 500 g/mol. The van der Waals surface area contributed by atoms with Crippen molar-refractivity contribution in [3.8, 4) is 0 Å². The van der Waals surface area contributed by atoms with Crippen LogP contribution in [-0.4, -0.2) is 52.6 Å². The summed E-state index contributed by atoms with van der Waals surface area (Å²) < 4.78 is 54.5. The van der Waals surface area contributed by atoms with E-state index in [-0.39, 0.29) is 11.7 Å². The lowest BCUT2D eigenvalue weighted by atomic mass is 10.0. The van der Waals surface area contributed by atoms with E-state index < -0.39 is 65.6 Å². The molecular formula is C24H22F4N4O5. The number of amides is 5. The lowest BCUT2D eigenvalue weighted by Crippen LogP contribution is -2.58. The monoisotopic (exact) mass is 522 g/mol. The van der Waals surface area contributed by atoms with Gasteiger partial charge in [-0.3, -0.25) is 24.3 Å². The van der Waals surface area contributed by atoms with E-state index >= 15 is 0 Å². The van der Waals surface area contributed by atoms with Crippen molar-refractivity contribution in [2.75, 3.05) is 22.9 Å². The number of nitrogens with one attached hydrogen (secondary N) is 1. The topological polar surface area (TPSA) is 110 Å². The second-order valence-electron chi connectivity index (χ2n) is 9.40. The molecule has 0 bridgehead atoms. The second-order valence-corrected chi connectivity index (χ2v) is 9.40. The van der Waals surface area contributed by atoms with Crippen LogP contribution in [0.25, 0.3) is 0 Å². The van der Waals surface area contributed by atoms with Gasteiger partial charge < -0.3 is 10.4 Å². The normalized spacial score (nSPS) is 19.9. The van der Waals surface area contributed by atoms with Crippen LogP contribution in [0, 0.1) is 11.7 Å². The Hall–Kier alpha value is -4.16. The molecule has 13 heteroatoms. The standard InChI is InChI=1S/C24H22F4N4O5/c1-23(2)12-32(21(36)29-23)15-8-6-14(7-9-15)30-11-16(20(34)35)19(33)31(22(30)37)10-13-4-3-5-17(25)18(13)24(26,27)28/h3-9,16H,10-12H2,1-2H3,(H,29,36)(H,34,35). The molecule has 9 nitrogen and oxygen atoms in total. The van der Waals surface area contributed by atoms with Crippen LogP contribution in [0.15, 0.2) is 42.5 Å². The minimum Gasteiger partial charge on any atom is -0.481 e. The third kappa shape index (κ3) is 4.93. The van der Waals surface area contributed by atoms with Gasteiger partial charge in [0.1, 0.15) is 5.82 Å². The number of hydrogen-bond acceptors (Lipinski definition) is 4. The Morgan fingerprint density at radius 2 is 1.65 bits per heavy atom. The number of urea groups is 2. The summed E-state index contributed by atoms with van der Waals surface area (Å²) in [6.45, 7) is 2.51. The van der Waals surface area contributed by atoms with E-state index in [0.29, 0.717) is 23.2 Å². The van der Waals surface area contributed by atoms with Gasteiger partial charge in [0.15, 0.2) is 5.92 Å². The van der Waals surface area contributed by atoms with Gasteiger partial charge in [-0.1, -0.05) is 12.1 Å². The molecule has 2 fully saturated rings. The van der Waals surface area contributed by atoms with Gasteiger partial charge in [-0.25, -0.2) is 14.0 Å². The summed E-state index contributed by atoms with van der Waals surface area (Å²) in [6, 6.07) is 7.03. The fourth-order valence-electron chi connectivity index (χ4n) is 4.38. The number of aliphatic carboxylic acids is 1. The molecule has 2 heterocycles. The van der Waals surface area contributed by atoms with Crippen LogP contribution in [-0.2, 0) is 22.3 Å². The zero-order valence-electron chi connectivity index (χ0n) is 19.7. The molecule has 1 atom stereocenters. The molecule has 2 aliphatic heterocycles. The maximum atomic E-state index is 14.0. The first-order chi connectivity index (χ1) is 17.2. The predicted octanol–water partition coefficient (Wildman–Crippen LogP) is 3.82. The second kappa shape index (κ2) is 9.05. The molecule has 0 aliphatic carbocycles. The quantitative estimate of drug-likeness (QED) is 0.458. The summed E-state index contributed by atoms with van der Waals surface area (Å²) in [5.74, 6) is -6.13. The highest BCUT2D eigenvalue weighted by molar-refractivity contribution is 6.12. The molecule has 37 heavy (non-hydrogen) atoms. The fraction of sp³-hybridized carbons (Fsp3) is 0.333. The van der Waals surface area contributed by atoms with E-state index in [1.807, 2.05) is 13.8 Å². The molecule has 2 aromatic carbocycles. The van der Waals surface area contributed by atoms with Crippen LogP contribution in [0.3, 0.4) is 0 Å². The molecule has 0 radical (unpaired) electrons. The first-order valence-electron chi connectivity index (χ1n) is 11.1. The average Bonchev–Trinajstić information content (AvgIpc) is 3.08. The summed E-state index contributed by atoms with van der Waals surface area (Å²) in [6.07, 6.45) is -5.11. The van der Waals surface area contributed by atoms with Crippen LogP contribution in [0.2, 0.25) is 0 Å². The Morgan fingerprint density at radius 3 is 2.16 bits per heavy atom. The van der Waals surface area contributed by atoms with E-state index in [2.05, 4.69) is 5.32 Å². The molecule has 0 aromatic heterocycles. The Bertz CT molecular complexity index is 1280. The maximum absolute atomic E-state index is 14.0. The van der Waals surface area contributed by atoms with Crippen molar-refractivity contribution in [3.63, 3.8) is 0 Å². The van der Waals surface area contributed by atoms with Crippen LogP contribution >= 0.6 is 0 Å². The van der Waals surface area contributed by atoms with Crippen molar-refractivity contribution in [2.45, 2.75) is 32.1 Å². The summed E-state index contributed by atoms with van der Waals surface area (Å²) >= 11 is 0. The Balaban J connectivity index is 1.66. The zero-order chi connectivity index (χ0) is 27.3. The lowest BCUT2D eigenvalue weighted by molar-refractivity contribution is -0.151. The van der Waals surface area contributed by atoms with Crippen molar-refractivity contribution in [1.29, 1.82) is 0 Å². The molecule has 2 saturated heterocycles. The number of carbonyl (C=O) groups is 4. The van der Waals surface area contributed by atoms with Gasteiger partial charge in [-0.05, 0) is 49.7 Å². The average molecular weight is 522 g/mol. The van der Waals surface area contributed by atoms with Crippen molar-refractivity contribution >= 4 is 35.3 Å². The lowest BCUT2D eigenvalue weighted by Gasteiger charge is -2.37. The Kier molecular flexibility index (Phi) is 6.34. The number of carboxylic acid groups (broad SMARTS) is 1. The molecule has 196 valence electrons. The van der Waals surface area contributed by atoms with Crippen molar-refractivity contribution in [1.82, 2.24) is 10.2 Å². The van der Waals surface area contributed by atoms with Gasteiger partial charge in [0.25, 0.3) is 0 Å². The predicted molar refractivity (Wildman–Crippen MR) is 122 cm³/mol. The Morgan fingerprint density at radius 1 is 1.05 bits per heavy atom. The third-order valence-corrected chi connectivity index (χ3v) is 6.12. The highest BCUT2D eigenvalue weighted by Gasteiger charge is 2.45. The molecule has 4 rings (SSSR count). The van der Waals surface area contributed by atoms with E-state index in [0.717, 1.165) is 17.0 Å². The van der Waals surface area contributed by atoms with E-state index in [1.54, 1.807) is 0 Å². The maximum Gasteiger partial charge on any atom is 0.419 e. The summed E-state index contributed by atoms with van der Waals surface area (Å²) in [5, 5.41) is 12.4. The van der Waals surface area contributed by atoms with Gasteiger partial charge >= 0.3 is 24.2 Å². The third-order valence-electron chi connectivity index (χ3n) is 6.12. The number of carboxylic acids is 1. The number of imide groups is 1. The molecule has 5 amide bonds. The Labute approximate surface area is 208 Å². The number of rotatable bonds is 5. The van der Waals surface area contributed by atoms with Crippen LogP contribution in [0.4, 0.5) is 38.5 Å². The van der Waals surface area contributed by atoms with Crippen molar-refractivity contribution in [3.05, 3.63) is 59.4 Å². The minimum absolute atomic E-state index is 0.159. The van der Waals surface area contributed by atoms with Crippen LogP contribution in [0.5, 0.6) is 0 Å². The van der Waals surface area contributed by atoms with Crippen molar-refractivity contribution < 1.29 is 41.8 Å². The highest BCUT2D eigenvalue weighted by atomic mass is 19.4. The molecule has 2 aliphatic rings. The number of halogens is 4. The fourth-order valence-corrected chi connectivity index (χ4v) is 4.38.